The Kier molecular flexibility index (Phi) is 2.80. The van der Waals surface area contributed by atoms with Gasteiger partial charge in [-0.3, -0.25) is 9.78 Å². The van der Waals surface area contributed by atoms with Gasteiger partial charge in [0.2, 0.25) is 5.91 Å². The highest BCUT2D eigenvalue weighted by atomic mass is 16.1. The second-order valence-electron chi connectivity index (χ2n) is 2.53. The second kappa shape index (κ2) is 3.85. The molecule has 0 aliphatic heterocycles. The third-order valence-corrected chi connectivity index (χ3v) is 1.54. The molecule has 0 aliphatic carbocycles. The molecule has 0 radical (unpaired) electrons. The molecule has 1 aromatic rings. The van der Waals surface area contributed by atoms with Gasteiger partial charge in [-0.05, 0) is 18.6 Å². The monoisotopic (exact) mass is 164 g/mol. The van der Waals surface area contributed by atoms with E-state index in [2.05, 4.69) is 10.3 Å². The summed E-state index contributed by atoms with van der Waals surface area (Å²) in [5.41, 5.74) is 1.74. The highest BCUT2D eigenvalue weighted by Crippen LogP contribution is 2.11. The van der Waals surface area contributed by atoms with E-state index in [1.807, 2.05) is 19.1 Å². The minimum absolute atomic E-state index is 0.0577. The molecule has 3 heteroatoms. The number of pyridine rings is 1. The average Bonchev–Trinajstić information content (AvgIpc) is 2.04. The zero-order chi connectivity index (χ0) is 8.97. The first-order chi connectivity index (χ1) is 5.74. The molecular weight excluding hydrogens is 152 g/mol. The molecule has 0 unspecified atom stereocenters. The van der Waals surface area contributed by atoms with E-state index >= 15 is 0 Å². The van der Waals surface area contributed by atoms with Crippen LogP contribution in [0.3, 0.4) is 0 Å². The summed E-state index contributed by atoms with van der Waals surface area (Å²) in [4.78, 5) is 14.9. The van der Waals surface area contributed by atoms with E-state index in [-0.39, 0.29) is 5.91 Å². The molecule has 12 heavy (non-hydrogen) atoms. The molecule has 0 fully saturated rings. The summed E-state index contributed by atoms with van der Waals surface area (Å²) >= 11 is 0. The fraction of sp³-hybridized carbons (Fsp3) is 0.333. The Hall–Kier alpha value is -1.38. The maximum absolute atomic E-state index is 10.7. The maximum Gasteiger partial charge on any atom is 0.221 e. The molecule has 1 heterocycles. The number of aromatic nitrogens is 1. The van der Waals surface area contributed by atoms with Crippen molar-refractivity contribution >= 4 is 11.6 Å². The van der Waals surface area contributed by atoms with Crippen LogP contribution in [0, 0.1) is 0 Å². The maximum atomic E-state index is 10.7. The normalized spacial score (nSPS) is 9.50. The number of hydrogen-bond donors (Lipinski definition) is 1. The largest absolute Gasteiger partial charge is 0.325 e. The van der Waals surface area contributed by atoms with Crippen molar-refractivity contribution in [2.24, 2.45) is 0 Å². The molecule has 1 N–H and O–H groups in total. The highest BCUT2D eigenvalue weighted by Gasteiger charge is 2.00. The third-order valence-electron chi connectivity index (χ3n) is 1.54. The van der Waals surface area contributed by atoms with E-state index < -0.39 is 0 Å². The minimum atomic E-state index is -0.0577. The number of hydrogen-bond acceptors (Lipinski definition) is 2. The summed E-state index contributed by atoms with van der Waals surface area (Å²) < 4.78 is 0. The van der Waals surface area contributed by atoms with Gasteiger partial charge in [-0.15, -0.1) is 0 Å². The van der Waals surface area contributed by atoms with Crippen LogP contribution in [0.25, 0.3) is 0 Å². The molecule has 0 bridgehead atoms. The predicted molar refractivity (Wildman–Crippen MR) is 47.9 cm³/mol. The van der Waals surface area contributed by atoms with Gasteiger partial charge >= 0.3 is 0 Å². The number of rotatable bonds is 2. The van der Waals surface area contributed by atoms with Crippen molar-refractivity contribution < 1.29 is 4.79 Å². The van der Waals surface area contributed by atoms with Crippen molar-refractivity contribution in [3.8, 4) is 0 Å². The first-order valence-electron chi connectivity index (χ1n) is 3.95. The molecular formula is C9H12N2O. The third kappa shape index (κ3) is 2.05. The van der Waals surface area contributed by atoms with E-state index in [1.54, 1.807) is 6.20 Å². The lowest BCUT2D eigenvalue weighted by molar-refractivity contribution is -0.114. The quantitative estimate of drug-likeness (QED) is 0.721. The van der Waals surface area contributed by atoms with Crippen molar-refractivity contribution in [2.75, 3.05) is 5.32 Å². The number of nitrogens with one attached hydrogen (secondary N) is 1. The Morgan fingerprint density at radius 2 is 2.42 bits per heavy atom. The summed E-state index contributed by atoms with van der Waals surface area (Å²) in [5, 5.41) is 2.72. The van der Waals surface area contributed by atoms with E-state index in [0.717, 1.165) is 17.8 Å². The molecule has 0 aromatic carbocycles. The summed E-state index contributed by atoms with van der Waals surface area (Å²) in [6.45, 7) is 3.50. The Bertz CT molecular complexity index is 284. The number of aryl methyl sites for hydroxylation is 1. The van der Waals surface area contributed by atoms with Gasteiger partial charge in [0.1, 0.15) is 0 Å². The van der Waals surface area contributed by atoms with Crippen LogP contribution in [0.4, 0.5) is 5.69 Å². The van der Waals surface area contributed by atoms with Crippen molar-refractivity contribution in [2.45, 2.75) is 20.3 Å². The van der Waals surface area contributed by atoms with Gasteiger partial charge in [0.05, 0.1) is 11.4 Å². The molecule has 0 spiro atoms. The molecule has 64 valence electrons. The first-order valence-corrected chi connectivity index (χ1v) is 3.95. The predicted octanol–water partition coefficient (Wildman–Crippen LogP) is 1.60. The molecule has 0 atom stereocenters. The summed E-state index contributed by atoms with van der Waals surface area (Å²) in [5.74, 6) is -0.0577. The number of nitrogens with zero attached hydrogens (tertiary/aromatic N) is 1. The fourth-order valence-electron chi connectivity index (χ4n) is 1.02. The van der Waals surface area contributed by atoms with Gasteiger partial charge in [-0.2, -0.15) is 0 Å². The smallest absolute Gasteiger partial charge is 0.221 e. The standard InChI is InChI=1S/C9H12N2O/c1-3-8-9(11-7(2)12)5-4-6-10-8/h4-6H,3H2,1-2H3,(H,11,12). The van der Waals surface area contributed by atoms with Gasteiger partial charge in [0.25, 0.3) is 0 Å². The molecule has 3 nitrogen and oxygen atoms in total. The van der Waals surface area contributed by atoms with Crippen LogP contribution in [0.5, 0.6) is 0 Å². The van der Waals surface area contributed by atoms with Crippen LogP contribution in [-0.4, -0.2) is 10.9 Å². The lowest BCUT2D eigenvalue weighted by atomic mass is 10.2. The van der Waals surface area contributed by atoms with Crippen LogP contribution in [0.1, 0.15) is 19.5 Å². The van der Waals surface area contributed by atoms with Crippen molar-refractivity contribution in [3.63, 3.8) is 0 Å². The van der Waals surface area contributed by atoms with Gasteiger partial charge in [-0.1, -0.05) is 6.92 Å². The van der Waals surface area contributed by atoms with Gasteiger partial charge < -0.3 is 5.32 Å². The van der Waals surface area contributed by atoms with E-state index in [0.29, 0.717) is 0 Å². The van der Waals surface area contributed by atoms with E-state index in [1.165, 1.54) is 6.92 Å². The average molecular weight is 164 g/mol. The minimum Gasteiger partial charge on any atom is -0.325 e. The number of anilines is 1. The van der Waals surface area contributed by atoms with Crippen LogP contribution < -0.4 is 5.32 Å². The summed E-state index contributed by atoms with van der Waals surface area (Å²) in [7, 11) is 0. The molecule has 0 saturated carbocycles. The van der Waals surface area contributed by atoms with Crippen LogP contribution in [0.15, 0.2) is 18.3 Å². The SMILES string of the molecule is CCc1ncccc1NC(C)=O. The Morgan fingerprint density at radius 3 is 3.00 bits per heavy atom. The van der Waals surface area contributed by atoms with Crippen LogP contribution >= 0.6 is 0 Å². The van der Waals surface area contributed by atoms with Gasteiger partial charge in [-0.25, -0.2) is 0 Å². The molecule has 1 aromatic heterocycles. The summed E-state index contributed by atoms with van der Waals surface area (Å²) in [6.07, 6.45) is 2.56. The molecule has 1 rings (SSSR count). The lowest BCUT2D eigenvalue weighted by Gasteiger charge is -2.05. The number of amides is 1. The topological polar surface area (TPSA) is 42.0 Å². The fourth-order valence-corrected chi connectivity index (χ4v) is 1.02. The van der Waals surface area contributed by atoms with Crippen LogP contribution in [-0.2, 0) is 11.2 Å². The molecule has 0 saturated heterocycles. The summed E-state index contributed by atoms with van der Waals surface area (Å²) in [6, 6.07) is 3.66. The molecule has 0 aliphatic rings. The van der Waals surface area contributed by atoms with Crippen molar-refractivity contribution in [1.82, 2.24) is 4.98 Å². The Balaban J connectivity index is 2.89. The van der Waals surface area contributed by atoms with Crippen molar-refractivity contribution in [1.29, 1.82) is 0 Å². The zero-order valence-electron chi connectivity index (χ0n) is 7.29. The van der Waals surface area contributed by atoms with Gasteiger partial charge in [0, 0.05) is 13.1 Å². The zero-order valence-corrected chi connectivity index (χ0v) is 7.29. The lowest BCUT2D eigenvalue weighted by Crippen LogP contribution is -2.08. The number of carbonyl (C=O) groups excluding carboxylic acids is 1. The Labute approximate surface area is 71.8 Å². The first kappa shape index (κ1) is 8.71. The van der Waals surface area contributed by atoms with Gasteiger partial charge in [0.15, 0.2) is 0 Å². The van der Waals surface area contributed by atoms with E-state index in [9.17, 15) is 4.79 Å². The number of carbonyl (C=O) groups is 1. The van der Waals surface area contributed by atoms with Crippen molar-refractivity contribution in [3.05, 3.63) is 24.0 Å². The second-order valence-corrected chi connectivity index (χ2v) is 2.53. The van der Waals surface area contributed by atoms with Crippen LogP contribution in [0.2, 0.25) is 0 Å². The van der Waals surface area contributed by atoms with E-state index in [4.69, 9.17) is 0 Å². The molecule has 1 amide bonds. The highest BCUT2D eigenvalue weighted by molar-refractivity contribution is 5.89. The Morgan fingerprint density at radius 1 is 1.67 bits per heavy atom.